The lowest BCUT2D eigenvalue weighted by atomic mass is 10.2. The Morgan fingerprint density at radius 2 is 2.29 bits per heavy atom. The van der Waals surface area contributed by atoms with Gasteiger partial charge in [0.2, 0.25) is 5.91 Å². The van der Waals surface area contributed by atoms with Crippen molar-refractivity contribution in [3.05, 3.63) is 0 Å². The van der Waals surface area contributed by atoms with Gasteiger partial charge in [0.1, 0.15) is 6.42 Å². The quantitative estimate of drug-likeness (QED) is 0.699. The molecule has 2 fully saturated rings. The number of carbonyl (C=O) groups is 1. The van der Waals surface area contributed by atoms with Crippen LogP contribution in [0.4, 0.5) is 0 Å². The summed E-state index contributed by atoms with van der Waals surface area (Å²) < 4.78 is 0. The lowest BCUT2D eigenvalue weighted by molar-refractivity contribution is -0.120. The maximum absolute atomic E-state index is 11.1. The number of amides is 1. The van der Waals surface area contributed by atoms with Gasteiger partial charge in [-0.2, -0.15) is 5.26 Å². The van der Waals surface area contributed by atoms with Crippen molar-refractivity contribution in [2.75, 3.05) is 13.1 Å². The van der Waals surface area contributed by atoms with Crippen molar-refractivity contribution < 1.29 is 4.79 Å². The molecule has 1 aliphatic heterocycles. The first kappa shape index (κ1) is 9.47. The smallest absolute Gasteiger partial charge is 0.234 e. The number of nitrogens with zero attached hydrogens (tertiary/aromatic N) is 2. The van der Waals surface area contributed by atoms with E-state index in [1.807, 2.05) is 6.07 Å². The molecule has 0 aromatic heterocycles. The van der Waals surface area contributed by atoms with Gasteiger partial charge >= 0.3 is 0 Å². The molecular weight excluding hydrogens is 178 g/mol. The second-order valence-electron chi connectivity index (χ2n) is 4.11. The molecule has 4 heteroatoms. The second kappa shape index (κ2) is 3.97. The number of rotatable bonds is 3. The third kappa shape index (κ3) is 2.24. The van der Waals surface area contributed by atoms with Crippen LogP contribution in [0.3, 0.4) is 0 Å². The molecule has 1 unspecified atom stereocenters. The standard InChI is InChI=1S/C10H15N3O/c11-5-3-10(14)12-8-4-6-13(7-8)9-1-2-9/h8-9H,1-4,6-7H2,(H,12,14). The molecule has 1 saturated carbocycles. The summed E-state index contributed by atoms with van der Waals surface area (Å²) in [5.41, 5.74) is 0. The van der Waals surface area contributed by atoms with E-state index in [-0.39, 0.29) is 18.4 Å². The predicted octanol–water partition coefficient (Wildman–Crippen LogP) is 0.253. The van der Waals surface area contributed by atoms with Crippen LogP contribution >= 0.6 is 0 Å². The van der Waals surface area contributed by atoms with Crippen molar-refractivity contribution in [1.82, 2.24) is 10.2 Å². The Hall–Kier alpha value is -1.08. The largest absolute Gasteiger partial charge is 0.351 e. The average molecular weight is 193 g/mol. The van der Waals surface area contributed by atoms with E-state index in [0.29, 0.717) is 0 Å². The van der Waals surface area contributed by atoms with Crippen LogP contribution in [0.15, 0.2) is 0 Å². The third-order valence-corrected chi connectivity index (χ3v) is 2.89. The van der Waals surface area contributed by atoms with Crippen molar-refractivity contribution in [2.45, 2.75) is 37.8 Å². The van der Waals surface area contributed by atoms with Crippen LogP contribution in [0, 0.1) is 11.3 Å². The zero-order valence-electron chi connectivity index (χ0n) is 8.20. The van der Waals surface area contributed by atoms with Crippen molar-refractivity contribution in [2.24, 2.45) is 0 Å². The van der Waals surface area contributed by atoms with Crippen molar-refractivity contribution in [1.29, 1.82) is 5.26 Å². The number of likely N-dealkylation sites (tertiary alicyclic amines) is 1. The third-order valence-electron chi connectivity index (χ3n) is 2.89. The van der Waals surface area contributed by atoms with Crippen LogP contribution < -0.4 is 5.32 Å². The molecule has 0 aromatic carbocycles. The number of nitrogens with one attached hydrogen (secondary N) is 1. The Labute approximate surface area is 83.9 Å². The molecule has 0 radical (unpaired) electrons. The Bertz CT molecular complexity index is 267. The maximum atomic E-state index is 11.1. The Morgan fingerprint density at radius 1 is 1.50 bits per heavy atom. The van der Waals surface area contributed by atoms with E-state index in [1.165, 1.54) is 12.8 Å². The first-order valence-electron chi connectivity index (χ1n) is 5.20. The highest BCUT2D eigenvalue weighted by Crippen LogP contribution is 2.29. The van der Waals surface area contributed by atoms with E-state index in [1.54, 1.807) is 0 Å². The summed E-state index contributed by atoms with van der Waals surface area (Å²) in [5, 5.41) is 11.2. The van der Waals surface area contributed by atoms with Crippen LogP contribution in [0.2, 0.25) is 0 Å². The van der Waals surface area contributed by atoms with Gasteiger partial charge in [-0.3, -0.25) is 9.69 Å². The van der Waals surface area contributed by atoms with Gasteiger partial charge in [-0.05, 0) is 19.3 Å². The summed E-state index contributed by atoms with van der Waals surface area (Å²) in [4.78, 5) is 13.6. The van der Waals surface area contributed by atoms with Gasteiger partial charge in [0.25, 0.3) is 0 Å². The molecule has 1 aliphatic carbocycles. The van der Waals surface area contributed by atoms with Gasteiger partial charge in [-0.25, -0.2) is 0 Å². The average Bonchev–Trinajstić information content (AvgIpc) is 2.89. The maximum Gasteiger partial charge on any atom is 0.234 e. The second-order valence-corrected chi connectivity index (χ2v) is 4.11. The van der Waals surface area contributed by atoms with E-state index < -0.39 is 0 Å². The molecule has 0 aromatic rings. The zero-order valence-corrected chi connectivity index (χ0v) is 8.20. The number of hydrogen-bond acceptors (Lipinski definition) is 3. The van der Waals surface area contributed by atoms with Gasteiger partial charge in [0.15, 0.2) is 0 Å². The highest BCUT2D eigenvalue weighted by atomic mass is 16.1. The van der Waals surface area contributed by atoms with Gasteiger partial charge in [-0.1, -0.05) is 0 Å². The van der Waals surface area contributed by atoms with Crippen LogP contribution in [0.25, 0.3) is 0 Å². The normalized spacial score (nSPS) is 27.2. The topological polar surface area (TPSA) is 56.1 Å². The Balaban J connectivity index is 1.72. The molecule has 1 atom stereocenters. The lowest BCUT2D eigenvalue weighted by Gasteiger charge is -2.15. The molecule has 76 valence electrons. The number of hydrogen-bond donors (Lipinski definition) is 1. The monoisotopic (exact) mass is 193 g/mol. The molecule has 1 amide bonds. The summed E-state index contributed by atoms with van der Waals surface area (Å²) in [6.45, 7) is 2.07. The molecule has 4 nitrogen and oxygen atoms in total. The first-order valence-corrected chi connectivity index (χ1v) is 5.20. The minimum absolute atomic E-state index is 0.0140. The lowest BCUT2D eigenvalue weighted by Crippen LogP contribution is -2.37. The predicted molar refractivity (Wildman–Crippen MR) is 51.4 cm³/mol. The van der Waals surface area contributed by atoms with Crippen LogP contribution in [-0.4, -0.2) is 36.0 Å². The highest BCUT2D eigenvalue weighted by molar-refractivity contribution is 5.78. The van der Waals surface area contributed by atoms with E-state index in [9.17, 15) is 4.79 Å². The van der Waals surface area contributed by atoms with Crippen LogP contribution in [0.5, 0.6) is 0 Å². The van der Waals surface area contributed by atoms with Gasteiger partial charge in [0, 0.05) is 25.2 Å². The molecule has 1 heterocycles. The summed E-state index contributed by atoms with van der Waals surface area (Å²) in [5.74, 6) is -0.129. The molecule has 2 rings (SSSR count). The van der Waals surface area contributed by atoms with Gasteiger partial charge in [-0.15, -0.1) is 0 Å². The van der Waals surface area contributed by atoms with Crippen molar-refractivity contribution >= 4 is 5.91 Å². The van der Waals surface area contributed by atoms with Crippen molar-refractivity contribution in [3.8, 4) is 6.07 Å². The van der Waals surface area contributed by atoms with Gasteiger partial charge < -0.3 is 5.32 Å². The minimum atomic E-state index is -0.129. The zero-order chi connectivity index (χ0) is 9.97. The highest BCUT2D eigenvalue weighted by Gasteiger charge is 2.34. The number of nitriles is 1. The fraction of sp³-hybridized carbons (Fsp3) is 0.800. The molecule has 1 N–H and O–H groups in total. The molecular formula is C10H15N3O. The fourth-order valence-corrected chi connectivity index (χ4v) is 2.03. The molecule has 1 saturated heterocycles. The first-order chi connectivity index (χ1) is 6.79. The molecule has 2 aliphatic rings. The van der Waals surface area contributed by atoms with Gasteiger partial charge in [0.05, 0.1) is 6.07 Å². The Morgan fingerprint density at radius 3 is 2.93 bits per heavy atom. The summed E-state index contributed by atoms with van der Waals surface area (Å²) in [6.07, 6.45) is 3.66. The molecule has 14 heavy (non-hydrogen) atoms. The van der Waals surface area contributed by atoms with E-state index >= 15 is 0 Å². The SMILES string of the molecule is N#CCC(=O)NC1CCN(C2CC2)C1. The van der Waals surface area contributed by atoms with E-state index in [4.69, 9.17) is 5.26 Å². The van der Waals surface area contributed by atoms with E-state index in [2.05, 4.69) is 10.2 Å². The summed E-state index contributed by atoms with van der Waals surface area (Å²) in [7, 11) is 0. The Kier molecular flexibility index (Phi) is 2.69. The van der Waals surface area contributed by atoms with E-state index in [0.717, 1.165) is 25.6 Å². The minimum Gasteiger partial charge on any atom is -0.351 e. The molecule has 0 spiro atoms. The van der Waals surface area contributed by atoms with Crippen LogP contribution in [-0.2, 0) is 4.79 Å². The van der Waals surface area contributed by atoms with Crippen LogP contribution in [0.1, 0.15) is 25.7 Å². The fourth-order valence-electron chi connectivity index (χ4n) is 2.03. The summed E-state index contributed by atoms with van der Waals surface area (Å²) in [6, 6.07) is 2.92. The van der Waals surface area contributed by atoms with Crippen molar-refractivity contribution in [3.63, 3.8) is 0 Å². The molecule has 0 bridgehead atoms. The number of carbonyl (C=O) groups excluding carboxylic acids is 1. The summed E-state index contributed by atoms with van der Waals surface area (Å²) >= 11 is 0.